The van der Waals surface area contributed by atoms with E-state index in [1.165, 1.54) is 7.11 Å². The van der Waals surface area contributed by atoms with Crippen molar-refractivity contribution in [2.45, 2.75) is 26.8 Å². The van der Waals surface area contributed by atoms with Crippen molar-refractivity contribution >= 4 is 5.97 Å². The van der Waals surface area contributed by atoms with Crippen LogP contribution in [0.15, 0.2) is 12.4 Å². The second kappa shape index (κ2) is 4.12. The molecule has 0 aliphatic carbocycles. The van der Waals surface area contributed by atoms with Gasteiger partial charge >= 0.3 is 5.97 Å². The van der Waals surface area contributed by atoms with Gasteiger partial charge in [0.05, 0.1) is 12.7 Å². The van der Waals surface area contributed by atoms with Crippen LogP contribution in [0.25, 0.3) is 0 Å². The molecule has 0 saturated carbocycles. The lowest BCUT2D eigenvalue weighted by atomic mass is 10.1. The average Bonchev–Trinajstić information content (AvgIpc) is 2.59. The van der Waals surface area contributed by atoms with E-state index >= 15 is 0 Å². The van der Waals surface area contributed by atoms with Gasteiger partial charge in [0.1, 0.15) is 0 Å². The summed E-state index contributed by atoms with van der Waals surface area (Å²) in [5, 5.41) is 0. The van der Waals surface area contributed by atoms with Gasteiger partial charge in [-0.2, -0.15) is 0 Å². The Morgan fingerprint density at radius 2 is 2.15 bits per heavy atom. The highest BCUT2D eigenvalue weighted by Gasteiger charge is 2.12. The summed E-state index contributed by atoms with van der Waals surface area (Å²) in [5.41, 5.74) is 1.74. The Morgan fingerprint density at radius 3 is 2.62 bits per heavy atom. The average molecular weight is 181 g/mol. The molecule has 3 nitrogen and oxygen atoms in total. The number of carbonyl (C=O) groups excluding carboxylic acids is 1. The third kappa shape index (κ3) is 1.91. The molecule has 0 bridgehead atoms. The van der Waals surface area contributed by atoms with Gasteiger partial charge in [0.2, 0.25) is 0 Å². The minimum Gasteiger partial charge on any atom is -0.465 e. The molecule has 13 heavy (non-hydrogen) atoms. The van der Waals surface area contributed by atoms with Crippen molar-refractivity contribution in [3.63, 3.8) is 0 Å². The highest BCUT2D eigenvalue weighted by Crippen LogP contribution is 2.12. The molecule has 1 rings (SSSR count). The molecule has 0 spiro atoms. The molecule has 0 fully saturated rings. The van der Waals surface area contributed by atoms with E-state index in [1.807, 2.05) is 30.8 Å². The maximum atomic E-state index is 11.3. The van der Waals surface area contributed by atoms with Gasteiger partial charge in [-0.1, -0.05) is 6.92 Å². The summed E-state index contributed by atoms with van der Waals surface area (Å²) in [6, 6.07) is 0. The zero-order valence-corrected chi connectivity index (χ0v) is 8.33. The lowest BCUT2D eigenvalue weighted by Crippen LogP contribution is -2.02. The van der Waals surface area contributed by atoms with Crippen LogP contribution in [0.3, 0.4) is 0 Å². The maximum absolute atomic E-state index is 11.3. The van der Waals surface area contributed by atoms with Crippen LogP contribution in [0, 0.1) is 0 Å². The van der Waals surface area contributed by atoms with Crippen LogP contribution in [0.2, 0.25) is 0 Å². The predicted molar refractivity (Wildman–Crippen MR) is 50.8 cm³/mol. The number of aryl methyl sites for hydroxylation is 2. The first kappa shape index (κ1) is 9.84. The molecule has 1 aromatic heterocycles. The molecular weight excluding hydrogens is 166 g/mol. The Kier molecular flexibility index (Phi) is 3.12. The summed E-state index contributed by atoms with van der Waals surface area (Å²) in [7, 11) is 1.41. The van der Waals surface area contributed by atoms with Crippen molar-refractivity contribution in [3.8, 4) is 0 Å². The fourth-order valence-corrected chi connectivity index (χ4v) is 1.31. The Bertz CT molecular complexity index is 302. The van der Waals surface area contributed by atoms with E-state index in [-0.39, 0.29) is 5.97 Å². The Balaban J connectivity index is 3.03. The molecule has 0 amide bonds. The number of esters is 1. The van der Waals surface area contributed by atoms with Gasteiger partial charge < -0.3 is 9.30 Å². The summed E-state index contributed by atoms with van der Waals surface area (Å²) in [4.78, 5) is 11.3. The molecule has 0 aliphatic rings. The van der Waals surface area contributed by atoms with E-state index in [4.69, 9.17) is 0 Å². The molecule has 0 aromatic carbocycles. The summed E-state index contributed by atoms with van der Waals surface area (Å²) in [6.07, 6.45) is 4.69. The van der Waals surface area contributed by atoms with E-state index in [9.17, 15) is 4.79 Å². The van der Waals surface area contributed by atoms with Gasteiger partial charge in [-0.15, -0.1) is 0 Å². The number of nitrogens with zero attached hydrogens (tertiary/aromatic N) is 1. The summed E-state index contributed by atoms with van der Waals surface area (Å²) >= 11 is 0. The quantitative estimate of drug-likeness (QED) is 0.666. The normalized spacial score (nSPS) is 10.1. The van der Waals surface area contributed by atoms with Gasteiger partial charge in [0.25, 0.3) is 0 Å². The van der Waals surface area contributed by atoms with Crippen LogP contribution < -0.4 is 0 Å². The second-order valence-electron chi connectivity index (χ2n) is 2.87. The topological polar surface area (TPSA) is 31.2 Å². The molecule has 3 heteroatoms. The van der Waals surface area contributed by atoms with E-state index in [0.29, 0.717) is 5.56 Å². The standard InChI is InChI=1S/C10H15NO2/c1-4-8-6-11(5-2)7-9(8)10(12)13-3/h6-7H,4-5H2,1-3H3. The number of carbonyl (C=O) groups is 1. The van der Waals surface area contributed by atoms with Crippen LogP contribution in [0.1, 0.15) is 29.8 Å². The number of hydrogen-bond acceptors (Lipinski definition) is 2. The Labute approximate surface area is 78.3 Å². The Morgan fingerprint density at radius 1 is 1.46 bits per heavy atom. The molecule has 0 N–H and O–H groups in total. The van der Waals surface area contributed by atoms with Gasteiger partial charge in [-0.05, 0) is 18.9 Å². The summed E-state index contributed by atoms with van der Waals surface area (Å²) in [6.45, 7) is 4.95. The van der Waals surface area contributed by atoms with E-state index < -0.39 is 0 Å². The first-order valence-corrected chi connectivity index (χ1v) is 4.49. The Hall–Kier alpha value is -1.25. The monoisotopic (exact) mass is 181 g/mol. The molecule has 0 atom stereocenters. The van der Waals surface area contributed by atoms with Crippen molar-refractivity contribution in [1.29, 1.82) is 0 Å². The number of ether oxygens (including phenoxy) is 1. The molecule has 0 aliphatic heterocycles. The second-order valence-corrected chi connectivity index (χ2v) is 2.87. The van der Waals surface area contributed by atoms with Gasteiger partial charge in [-0.3, -0.25) is 0 Å². The van der Waals surface area contributed by atoms with Gasteiger partial charge in [0, 0.05) is 18.9 Å². The van der Waals surface area contributed by atoms with Crippen LogP contribution >= 0.6 is 0 Å². The summed E-state index contributed by atoms with van der Waals surface area (Å²) in [5.74, 6) is -0.246. The van der Waals surface area contributed by atoms with Crippen LogP contribution in [-0.4, -0.2) is 17.6 Å². The molecule has 72 valence electrons. The number of rotatable bonds is 3. The zero-order valence-electron chi connectivity index (χ0n) is 8.33. The molecular formula is C10H15NO2. The fourth-order valence-electron chi connectivity index (χ4n) is 1.31. The van der Waals surface area contributed by atoms with Crippen molar-refractivity contribution in [1.82, 2.24) is 4.57 Å². The SMILES string of the molecule is CCc1cn(CC)cc1C(=O)OC. The highest BCUT2D eigenvalue weighted by molar-refractivity contribution is 5.90. The number of methoxy groups -OCH3 is 1. The third-order valence-electron chi connectivity index (χ3n) is 2.11. The molecule has 1 aromatic rings. The van der Waals surface area contributed by atoms with Crippen molar-refractivity contribution in [2.24, 2.45) is 0 Å². The fraction of sp³-hybridized carbons (Fsp3) is 0.500. The van der Waals surface area contributed by atoms with Crippen molar-refractivity contribution in [2.75, 3.05) is 7.11 Å². The predicted octanol–water partition coefficient (Wildman–Crippen LogP) is 1.86. The molecule has 0 radical (unpaired) electrons. The zero-order chi connectivity index (χ0) is 9.84. The molecule has 1 heterocycles. The summed E-state index contributed by atoms with van der Waals surface area (Å²) < 4.78 is 6.68. The van der Waals surface area contributed by atoms with Crippen LogP contribution in [0.5, 0.6) is 0 Å². The molecule has 0 unspecified atom stereocenters. The first-order valence-electron chi connectivity index (χ1n) is 4.49. The highest BCUT2D eigenvalue weighted by atomic mass is 16.5. The number of aromatic nitrogens is 1. The van der Waals surface area contributed by atoms with E-state index in [2.05, 4.69) is 4.74 Å². The van der Waals surface area contributed by atoms with Crippen LogP contribution in [0.4, 0.5) is 0 Å². The number of hydrogen-bond donors (Lipinski definition) is 0. The largest absolute Gasteiger partial charge is 0.465 e. The minimum absolute atomic E-state index is 0.246. The van der Waals surface area contributed by atoms with Crippen molar-refractivity contribution < 1.29 is 9.53 Å². The maximum Gasteiger partial charge on any atom is 0.339 e. The van der Waals surface area contributed by atoms with Gasteiger partial charge in [-0.25, -0.2) is 4.79 Å². The third-order valence-corrected chi connectivity index (χ3v) is 2.11. The van der Waals surface area contributed by atoms with Crippen molar-refractivity contribution in [3.05, 3.63) is 23.5 Å². The smallest absolute Gasteiger partial charge is 0.339 e. The lowest BCUT2D eigenvalue weighted by molar-refractivity contribution is 0.0599. The first-order chi connectivity index (χ1) is 6.22. The van der Waals surface area contributed by atoms with Gasteiger partial charge in [0.15, 0.2) is 0 Å². The lowest BCUT2D eigenvalue weighted by Gasteiger charge is -1.97. The molecule has 0 saturated heterocycles. The van der Waals surface area contributed by atoms with Crippen LogP contribution in [-0.2, 0) is 17.7 Å². The van der Waals surface area contributed by atoms with E-state index in [1.54, 1.807) is 0 Å². The minimum atomic E-state index is -0.246. The van der Waals surface area contributed by atoms with E-state index in [0.717, 1.165) is 18.5 Å².